The Labute approximate surface area is 169 Å². The van der Waals surface area contributed by atoms with Crippen molar-refractivity contribution < 1.29 is 9.59 Å². The Bertz CT molecular complexity index is 1210. The van der Waals surface area contributed by atoms with Crippen LogP contribution in [0.25, 0.3) is 21.8 Å². The Kier molecular flexibility index (Phi) is 4.97. The molecule has 0 unspecified atom stereocenters. The van der Waals surface area contributed by atoms with Gasteiger partial charge in [-0.25, -0.2) is 0 Å². The number of aryl methyl sites for hydroxylation is 1. The third-order valence-corrected chi connectivity index (χ3v) is 5.34. The van der Waals surface area contributed by atoms with E-state index in [0.29, 0.717) is 24.6 Å². The summed E-state index contributed by atoms with van der Waals surface area (Å²) in [6.45, 7) is 6.37. The first-order valence-electron chi connectivity index (χ1n) is 9.94. The van der Waals surface area contributed by atoms with Gasteiger partial charge in [0, 0.05) is 53.3 Å². The highest BCUT2D eigenvalue weighted by atomic mass is 16.1. The van der Waals surface area contributed by atoms with E-state index in [9.17, 15) is 9.59 Å². The fourth-order valence-corrected chi connectivity index (χ4v) is 3.89. The first-order valence-corrected chi connectivity index (χ1v) is 9.94. The van der Waals surface area contributed by atoms with Crippen molar-refractivity contribution >= 4 is 39.2 Å². The van der Waals surface area contributed by atoms with Gasteiger partial charge < -0.3 is 14.5 Å². The standard InChI is InChI=1S/C24H25N3O2/c1-16(2)27-14-11-19-21(8-6-10-23(19)27)25-24(29)12-13-26-15-20(17(3)28)18-7-4-5-9-22(18)26/h4-11,14-16H,12-13H2,1-3H3,(H,25,29). The molecule has 1 amide bonds. The monoisotopic (exact) mass is 387 g/mol. The molecule has 0 aliphatic carbocycles. The van der Waals surface area contributed by atoms with E-state index >= 15 is 0 Å². The molecule has 2 aromatic carbocycles. The van der Waals surface area contributed by atoms with Crippen LogP contribution in [-0.4, -0.2) is 20.8 Å². The second kappa shape index (κ2) is 7.59. The van der Waals surface area contributed by atoms with Gasteiger partial charge in [0.05, 0.1) is 11.2 Å². The zero-order chi connectivity index (χ0) is 20.5. The molecule has 4 aromatic rings. The quantitative estimate of drug-likeness (QED) is 0.450. The zero-order valence-corrected chi connectivity index (χ0v) is 17.0. The van der Waals surface area contributed by atoms with E-state index in [0.717, 1.165) is 27.5 Å². The predicted molar refractivity (Wildman–Crippen MR) is 118 cm³/mol. The lowest BCUT2D eigenvalue weighted by molar-refractivity contribution is -0.116. The summed E-state index contributed by atoms with van der Waals surface area (Å²) in [7, 11) is 0. The molecule has 0 radical (unpaired) electrons. The summed E-state index contributed by atoms with van der Waals surface area (Å²) in [6.07, 6.45) is 4.24. The zero-order valence-electron chi connectivity index (χ0n) is 17.0. The number of rotatable bonds is 6. The smallest absolute Gasteiger partial charge is 0.226 e. The number of aromatic nitrogens is 2. The molecule has 0 fully saturated rings. The molecule has 5 nitrogen and oxygen atoms in total. The minimum atomic E-state index is -0.0445. The van der Waals surface area contributed by atoms with Gasteiger partial charge in [0.15, 0.2) is 5.78 Å². The van der Waals surface area contributed by atoms with Crippen LogP contribution in [0.3, 0.4) is 0 Å². The van der Waals surface area contributed by atoms with E-state index in [1.54, 1.807) is 6.92 Å². The average Bonchev–Trinajstić information content (AvgIpc) is 3.29. The van der Waals surface area contributed by atoms with Crippen LogP contribution in [0.5, 0.6) is 0 Å². The highest BCUT2D eigenvalue weighted by Gasteiger charge is 2.13. The summed E-state index contributed by atoms with van der Waals surface area (Å²) in [5.74, 6) is -0.0114. The summed E-state index contributed by atoms with van der Waals surface area (Å²) in [6, 6.07) is 16.2. The van der Waals surface area contributed by atoms with Gasteiger partial charge >= 0.3 is 0 Å². The van der Waals surface area contributed by atoms with Gasteiger partial charge in [-0.05, 0) is 45.0 Å². The number of amides is 1. The summed E-state index contributed by atoms with van der Waals surface area (Å²) in [5, 5.41) is 5.02. The molecule has 4 rings (SSSR count). The molecule has 0 aliphatic heterocycles. The van der Waals surface area contributed by atoms with E-state index < -0.39 is 0 Å². The van der Waals surface area contributed by atoms with Crippen molar-refractivity contribution in [2.75, 3.05) is 5.32 Å². The number of fused-ring (bicyclic) bond motifs is 2. The lowest BCUT2D eigenvalue weighted by atomic mass is 10.1. The van der Waals surface area contributed by atoms with Crippen LogP contribution in [-0.2, 0) is 11.3 Å². The van der Waals surface area contributed by atoms with Crippen LogP contribution in [0.15, 0.2) is 60.9 Å². The maximum atomic E-state index is 12.6. The van der Waals surface area contributed by atoms with Gasteiger partial charge in [-0.2, -0.15) is 0 Å². The van der Waals surface area contributed by atoms with Crippen LogP contribution >= 0.6 is 0 Å². The van der Waals surface area contributed by atoms with Crippen molar-refractivity contribution in [3.8, 4) is 0 Å². The number of para-hydroxylation sites is 1. The van der Waals surface area contributed by atoms with E-state index in [2.05, 4.69) is 36.0 Å². The lowest BCUT2D eigenvalue weighted by Crippen LogP contribution is -2.14. The van der Waals surface area contributed by atoms with Crippen molar-refractivity contribution in [1.82, 2.24) is 9.13 Å². The number of hydrogen-bond donors (Lipinski definition) is 1. The van der Waals surface area contributed by atoms with E-state index in [-0.39, 0.29) is 11.7 Å². The molecule has 0 aliphatic rings. The minimum Gasteiger partial charge on any atom is -0.346 e. The Morgan fingerprint density at radius 1 is 0.966 bits per heavy atom. The minimum absolute atomic E-state index is 0.0331. The van der Waals surface area contributed by atoms with Gasteiger partial charge in [-0.3, -0.25) is 9.59 Å². The summed E-state index contributed by atoms with van der Waals surface area (Å²) >= 11 is 0. The Morgan fingerprint density at radius 3 is 2.48 bits per heavy atom. The topological polar surface area (TPSA) is 56.0 Å². The van der Waals surface area contributed by atoms with Gasteiger partial charge in [0.1, 0.15) is 0 Å². The molecular formula is C24H25N3O2. The SMILES string of the molecule is CC(=O)c1cn(CCC(=O)Nc2cccc3c2ccn3C(C)C)c2ccccc12. The Balaban J connectivity index is 1.53. The third kappa shape index (κ3) is 3.56. The molecule has 0 atom stereocenters. The van der Waals surface area contributed by atoms with Crippen molar-refractivity contribution in [3.63, 3.8) is 0 Å². The van der Waals surface area contributed by atoms with Crippen LogP contribution in [0, 0.1) is 0 Å². The molecule has 0 bridgehead atoms. The Hall–Kier alpha value is -3.34. The maximum Gasteiger partial charge on any atom is 0.226 e. The number of anilines is 1. The summed E-state index contributed by atoms with van der Waals surface area (Å²) < 4.78 is 4.18. The first-order chi connectivity index (χ1) is 14.0. The van der Waals surface area contributed by atoms with Crippen molar-refractivity contribution in [2.45, 2.75) is 39.8 Å². The van der Waals surface area contributed by atoms with E-state index in [4.69, 9.17) is 0 Å². The van der Waals surface area contributed by atoms with E-state index in [1.807, 2.05) is 53.2 Å². The Morgan fingerprint density at radius 2 is 1.72 bits per heavy atom. The molecule has 5 heteroatoms. The normalized spacial score (nSPS) is 11.4. The van der Waals surface area contributed by atoms with Crippen LogP contribution in [0.4, 0.5) is 5.69 Å². The second-order valence-corrected chi connectivity index (χ2v) is 7.66. The molecule has 2 heterocycles. The number of nitrogens with zero attached hydrogens (tertiary/aromatic N) is 2. The van der Waals surface area contributed by atoms with Crippen LogP contribution < -0.4 is 5.32 Å². The molecule has 2 aromatic heterocycles. The highest BCUT2D eigenvalue weighted by molar-refractivity contribution is 6.07. The predicted octanol–water partition coefficient (Wildman–Crippen LogP) is 5.41. The number of carbonyl (C=O) groups is 2. The average molecular weight is 387 g/mol. The summed E-state index contributed by atoms with van der Waals surface area (Å²) in [4.78, 5) is 24.6. The van der Waals surface area contributed by atoms with Gasteiger partial charge in [0.2, 0.25) is 5.91 Å². The fourth-order valence-electron chi connectivity index (χ4n) is 3.89. The third-order valence-electron chi connectivity index (χ3n) is 5.34. The van der Waals surface area contributed by atoms with Crippen LogP contribution in [0.2, 0.25) is 0 Å². The van der Waals surface area contributed by atoms with Gasteiger partial charge in [-0.15, -0.1) is 0 Å². The van der Waals surface area contributed by atoms with Gasteiger partial charge in [-0.1, -0.05) is 24.3 Å². The largest absolute Gasteiger partial charge is 0.346 e. The number of Topliss-reactive ketones (excluding diaryl/α,β-unsaturated/α-hetero) is 1. The number of nitrogens with one attached hydrogen (secondary N) is 1. The molecule has 148 valence electrons. The summed E-state index contributed by atoms with van der Waals surface area (Å²) in [5.41, 5.74) is 3.61. The number of carbonyl (C=O) groups excluding carboxylic acids is 2. The number of ketones is 1. The molecule has 0 saturated carbocycles. The highest BCUT2D eigenvalue weighted by Crippen LogP contribution is 2.27. The first kappa shape index (κ1) is 19.0. The van der Waals surface area contributed by atoms with Crippen LogP contribution in [0.1, 0.15) is 43.6 Å². The lowest BCUT2D eigenvalue weighted by Gasteiger charge is -2.11. The number of benzene rings is 2. The number of hydrogen-bond acceptors (Lipinski definition) is 2. The van der Waals surface area contributed by atoms with Gasteiger partial charge in [0.25, 0.3) is 0 Å². The maximum absolute atomic E-state index is 12.6. The van der Waals surface area contributed by atoms with Crippen molar-refractivity contribution in [3.05, 3.63) is 66.5 Å². The second-order valence-electron chi connectivity index (χ2n) is 7.66. The fraction of sp³-hybridized carbons (Fsp3) is 0.250. The van der Waals surface area contributed by atoms with Crippen molar-refractivity contribution in [2.24, 2.45) is 0 Å². The molecule has 1 N–H and O–H groups in total. The molecule has 0 spiro atoms. The molecular weight excluding hydrogens is 362 g/mol. The molecule has 29 heavy (non-hydrogen) atoms. The van der Waals surface area contributed by atoms with Crippen molar-refractivity contribution in [1.29, 1.82) is 0 Å². The van der Waals surface area contributed by atoms with E-state index in [1.165, 1.54) is 0 Å². The molecule has 0 saturated heterocycles.